The summed E-state index contributed by atoms with van der Waals surface area (Å²) in [6.07, 6.45) is 3.19. The Bertz CT molecular complexity index is 1340. The Labute approximate surface area is 198 Å². The predicted octanol–water partition coefficient (Wildman–Crippen LogP) is 4.55. The molecule has 1 aromatic heterocycles. The van der Waals surface area contributed by atoms with Gasteiger partial charge in [0.1, 0.15) is 17.9 Å². The number of rotatable bonds is 8. The number of ether oxygens (including phenoxy) is 1. The lowest BCUT2D eigenvalue weighted by Gasteiger charge is -2.08. The van der Waals surface area contributed by atoms with Crippen LogP contribution in [0.4, 0.5) is 0 Å². The van der Waals surface area contributed by atoms with Gasteiger partial charge in [0, 0.05) is 6.20 Å². The molecule has 1 heterocycles. The number of hydrogen-bond donors (Lipinski definition) is 1. The van der Waals surface area contributed by atoms with Gasteiger partial charge in [-0.25, -0.2) is 5.43 Å². The summed E-state index contributed by atoms with van der Waals surface area (Å²) >= 11 is 0. The van der Waals surface area contributed by atoms with Gasteiger partial charge < -0.3 is 9.30 Å². The van der Waals surface area contributed by atoms with Crippen molar-refractivity contribution in [2.45, 2.75) is 20.1 Å². The lowest BCUT2D eigenvalue weighted by molar-refractivity contribution is 0.0953. The maximum Gasteiger partial charge on any atom is 0.276 e. The molecule has 0 spiro atoms. The highest BCUT2D eigenvalue weighted by Gasteiger charge is 2.11. The Morgan fingerprint density at radius 1 is 0.941 bits per heavy atom. The van der Waals surface area contributed by atoms with Gasteiger partial charge in [0.15, 0.2) is 0 Å². The topological polar surface area (TPSA) is 72.7 Å². The van der Waals surface area contributed by atoms with Crippen molar-refractivity contribution in [3.05, 3.63) is 135 Å². The number of aromatic nitrogens is 1. The molecular weight excluding hydrogens is 426 g/mol. The second-order valence-corrected chi connectivity index (χ2v) is 7.89. The highest BCUT2D eigenvalue weighted by molar-refractivity contribution is 5.94. The molecule has 0 aliphatic heterocycles. The number of aryl methyl sites for hydroxylation is 1. The first-order chi connectivity index (χ1) is 16.6. The second kappa shape index (κ2) is 10.9. The van der Waals surface area contributed by atoms with E-state index in [0.717, 1.165) is 28.0 Å². The summed E-state index contributed by atoms with van der Waals surface area (Å²) in [4.78, 5) is 25.3. The van der Waals surface area contributed by atoms with E-state index in [-0.39, 0.29) is 11.1 Å². The number of carbonyl (C=O) groups is 1. The van der Waals surface area contributed by atoms with Gasteiger partial charge in [-0.05, 0) is 60.0 Å². The lowest BCUT2D eigenvalue weighted by atomic mass is 10.1. The molecule has 6 nitrogen and oxygen atoms in total. The predicted molar refractivity (Wildman–Crippen MR) is 133 cm³/mol. The van der Waals surface area contributed by atoms with E-state index in [1.807, 2.05) is 85.8 Å². The van der Waals surface area contributed by atoms with Gasteiger partial charge in [0.05, 0.1) is 12.8 Å². The lowest BCUT2D eigenvalue weighted by Crippen LogP contribution is -2.30. The van der Waals surface area contributed by atoms with E-state index >= 15 is 0 Å². The van der Waals surface area contributed by atoms with Crippen LogP contribution in [-0.4, -0.2) is 16.7 Å². The first kappa shape index (κ1) is 22.7. The van der Waals surface area contributed by atoms with Crippen LogP contribution in [0.15, 0.2) is 107 Å². The van der Waals surface area contributed by atoms with Crippen molar-refractivity contribution in [3.63, 3.8) is 0 Å². The van der Waals surface area contributed by atoms with Gasteiger partial charge in [-0.3, -0.25) is 9.59 Å². The van der Waals surface area contributed by atoms with E-state index < -0.39 is 5.91 Å². The van der Waals surface area contributed by atoms with Crippen molar-refractivity contribution in [1.29, 1.82) is 0 Å². The number of amides is 1. The first-order valence-corrected chi connectivity index (χ1v) is 10.9. The average molecular weight is 452 g/mol. The van der Waals surface area contributed by atoms with Crippen LogP contribution in [0, 0.1) is 6.92 Å². The fraction of sp³-hybridized carbons (Fsp3) is 0.107. The minimum atomic E-state index is -0.553. The van der Waals surface area contributed by atoms with Gasteiger partial charge in [-0.15, -0.1) is 0 Å². The number of hydrogen-bond acceptors (Lipinski definition) is 4. The van der Waals surface area contributed by atoms with E-state index in [1.54, 1.807) is 12.3 Å². The molecule has 0 bridgehead atoms. The van der Waals surface area contributed by atoms with Crippen LogP contribution >= 0.6 is 0 Å². The third kappa shape index (κ3) is 6.07. The van der Waals surface area contributed by atoms with Crippen molar-refractivity contribution in [1.82, 2.24) is 9.99 Å². The molecule has 170 valence electrons. The van der Waals surface area contributed by atoms with Crippen LogP contribution < -0.4 is 15.7 Å². The zero-order valence-electron chi connectivity index (χ0n) is 18.8. The molecule has 0 atom stereocenters. The summed E-state index contributed by atoms with van der Waals surface area (Å²) < 4.78 is 7.29. The number of carbonyl (C=O) groups excluding carboxylic acids is 1. The number of nitrogens with one attached hydrogen (secondary N) is 1. The molecule has 0 fully saturated rings. The number of nitrogens with zero attached hydrogens (tertiary/aromatic N) is 2. The van der Waals surface area contributed by atoms with Crippen LogP contribution in [0.25, 0.3) is 0 Å². The summed E-state index contributed by atoms with van der Waals surface area (Å²) in [5.41, 5.74) is 6.10. The molecule has 34 heavy (non-hydrogen) atoms. The summed E-state index contributed by atoms with van der Waals surface area (Å²) in [7, 11) is 0. The van der Waals surface area contributed by atoms with Gasteiger partial charge >= 0.3 is 0 Å². The molecule has 0 aliphatic rings. The second-order valence-electron chi connectivity index (χ2n) is 7.89. The summed E-state index contributed by atoms with van der Waals surface area (Å²) in [5.74, 6) is 0.186. The van der Waals surface area contributed by atoms with Crippen LogP contribution in [0.5, 0.6) is 5.75 Å². The molecule has 4 rings (SSSR count). The normalized spacial score (nSPS) is 10.9. The zero-order valence-corrected chi connectivity index (χ0v) is 18.8. The molecule has 0 unspecified atom stereocenters. The highest BCUT2D eigenvalue weighted by Crippen LogP contribution is 2.13. The van der Waals surface area contributed by atoms with Crippen molar-refractivity contribution in [2.75, 3.05) is 0 Å². The molecule has 0 radical (unpaired) electrons. The fourth-order valence-electron chi connectivity index (χ4n) is 3.46. The Balaban J connectivity index is 1.35. The van der Waals surface area contributed by atoms with Crippen LogP contribution in [0.2, 0.25) is 0 Å². The number of hydrazone groups is 1. The van der Waals surface area contributed by atoms with E-state index in [0.29, 0.717) is 13.2 Å². The molecule has 4 aromatic rings. The molecule has 0 saturated carbocycles. The fourth-order valence-corrected chi connectivity index (χ4v) is 3.46. The quantitative estimate of drug-likeness (QED) is 0.316. The van der Waals surface area contributed by atoms with E-state index in [1.165, 1.54) is 16.8 Å². The van der Waals surface area contributed by atoms with E-state index in [2.05, 4.69) is 10.5 Å². The molecular formula is C28H25N3O3. The third-order valence-electron chi connectivity index (χ3n) is 5.21. The largest absolute Gasteiger partial charge is 0.489 e. The minimum Gasteiger partial charge on any atom is -0.489 e. The Morgan fingerprint density at radius 2 is 1.71 bits per heavy atom. The molecule has 1 amide bonds. The zero-order chi connectivity index (χ0) is 23.8. The van der Waals surface area contributed by atoms with Crippen molar-refractivity contribution < 1.29 is 9.53 Å². The smallest absolute Gasteiger partial charge is 0.276 e. The number of pyridine rings is 1. The molecule has 6 heteroatoms. The minimum absolute atomic E-state index is 0.0389. The highest BCUT2D eigenvalue weighted by atomic mass is 16.5. The van der Waals surface area contributed by atoms with Gasteiger partial charge in [0.2, 0.25) is 0 Å². The maximum atomic E-state index is 12.8. The molecule has 3 aromatic carbocycles. The SMILES string of the molecule is Cc1cccc(Cn2cccc(C(=O)N/N=C\c3ccc(OCc4ccccc4)cc3)c2=O)c1. The van der Waals surface area contributed by atoms with E-state index in [9.17, 15) is 9.59 Å². The van der Waals surface area contributed by atoms with Gasteiger partial charge in [-0.2, -0.15) is 5.10 Å². The van der Waals surface area contributed by atoms with Crippen molar-refractivity contribution >= 4 is 12.1 Å². The Morgan fingerprint density at radius 3 is 2.47 bits per heavy atom. The number of benzene rings is 3. The van der Waals surface area contributed by atoms with Crippen LogP contribution in [-0.2, 0) is 13.2 Å². The third-order valence-corrected chi connectivity index (χ3v) is 5.21. The molecule has 0 saturated heterocycles. The summed E-state index contributed by atoms with van der Waals surface area (Å²) in [5, 5.41) is 3.99. The first-order valence-electron chi connectivity index (χ1n) is 10.9. The molecule has 0 aliphatic carbocycles. The average Bonchev–Trinajstić information content (AvgIpc) is 2.85. The Hall–Kier alpha value is -4.45. The summed E-state index contributed by atoms with van der Waals surface area (Å²) in [6.45, 7) is 2.88. The van der Waals surface area contributed by atoms with Gasteiger partial charge in [0.25, 0.3) is 11.5 Å². The Kier molecular flexibility index (Phi) is 7.30. The van der Waals surface area contributed by atoms with Crippen LogP contribution in [0.1, 0.15) is 32.6 Å². The van der Waals surface area contributed by atoms with Gasteiger partial charge in [-0.1, -0.05) is 60.2 Å². The standard InChI is InChI=1S/C28H25N3O3/c1-21-7-5-10-24(17-21)19-31-16-6-11-26(28(31)33)27(32)30-29-18-22-12-14-25(15-13-22)34-20-23-8-3-2-4-9-23/h2-18H,19-20H2,1H3,(H,30,32)/b29-18-. The van der Waals surface area contributed by atoms with Crippen molar-refractivity contribution in [2.24, 2.45) is 5.10 Å². The van der Waals surface area contributed by atoms with E-state index in [4.69, 9.17) is 4.74 Å². The molecule has 1 N–H and O–H groups in total. The van der Waals surface area contributed by atoms with Crippen LogP contribution in [0.3, 0.4) is 0 Å². The van der Waals surface area contributed by atoms with Crippen molar-refractivity contribution in [3.8, 4) is 5.75 Å². The monoisotopic (exact) mass is 451 g/mol. The maximum absolute atomic E-state index is 12.8. The summed E-state index contributed by atoms with van der Waals surface area (Å²) in [6, 6.07) is 28.4.